The van der Waals surface area contributed by atoms with E-state index in [2.05, 4.69) is 15.3 Å². The summed E-state index contributed by atoms with van der Waals surface area (Å²) in [6, 6.07) is 0. The van der Waals surface area contributed by atoms with E-state index in [4.69, 9.17) is 16.3 Å². The smallest absolute Gasteiger partial charge is 0.224 e. The van der Waals surface area contributed by atoms with Crippen LogP contribution in [-0.4, -0.2) is 33.5 Å². The van der Waals surface area contributed by atoms with Crippen LogP contribution < -0.4 is 5.32 Å². The van der Waals surface area contributed by atoms with Crippen LogP contribution in [0.4, 0.5) is 5.82 Å². The predicted molar refractivity (Wildman–Crippen MR) is 69.2 cm³/mol. The van der Waals surface area contributed by atoms with Crippen molar-refractivity contribution in [2.24, 2.45) is 0 Å². The quantitative estimate of drug-likeness (QED) is 0.659. The van der Waals surface area contributed by atoms with Crippen LogP contribution >= 0.6 is 11.6 Å². The lowest BCUT2D eigenvalue weighted by Gasteiger charge is -2.16. The van der Waals surface area contributed by atoms with Crippen molar-refractivity contribution in [1.29, 1.82) is 0 Å². The highest BCUT2D eigenvalue weighted by atomic mass is 35.5. The normalized spacial score (nSPS) is 22.6. The van der Waals surface area contributed by atoms with Gasteiger partial charge >= 0.3 is 0 Å². The van der Waals surface area contributed by atoms with E-state index in [9.17, 15) is 4.55 Å². The first-order valence-corrected chi connectivity index (χ1v) is 7.42. The number of aryl methyl sites for hydroxylation is 1. The van der Waals surface area contributed by atoms with Crippen molar-refractivity contribution < 1.29 is 9.29 Å². The molecular formula is C11H12ClN3O2S. The van der Waals surface area contributed by atoms with Gasteiger partial charge in [-0.3, -0.25) is 0 Å². The van der Waals surface area contributed by atoms with Crippen LogP contribution in [0.2, 0.25) is 5.28 Å². The molecule has 0 saturated carbocycles. The molecular weight excluding hydrogens is 274 g/mol. The van der Waals surface area contributed by atoms with Crippen molar-refractivity contribution in [3.05, 3.63) is 22.8 Å². The summed E-state index contributed by atoms with van der Waals surface area (Å²) in [5, 5.41) is 3.40. The maximum Gasteiger partial charge on any atom is 0.224 e. The van der Waals surface area contributed by atoms with Crippen LogP contribution in [0.3, 0.4) is 0 Å². The molecule has 1 atom stereocenters. The molecule has 0 aliphatic carbocycles. The van der Waals surface area contributed by atoms with Gasteiger partial charge < -0.3 is 14.6 Å². The third-order valence-corrected chi connectivity index (χ3v) is 4.53. The Bertz CT molecular complexity index is 509. The average Bonchev–Trinajstić information content (AvgIpc) is 2.72. The van der Waals surface area contributed by atoms with Gasteiger partial charge in [-0.05, 0) is 28.9 Å². The largest absolute Gasteiger partial charge is 0.611 e. The Kier molecular flexibility index (Phi) is 3.43. The van der Waals surface area contributed by atoms with E-state index >= 15 is 0 Å². The Hall–Kier alpha value is -0.820. The zero-order chi connectivity index (χ0) is 12.5. The van der Waals surface area contributed by atoms with E-state index in [0.717, 1.165) is 17.8 Å². The minimum Gasteiger partial charge on any atom is -0.611 e. The van der Waals surface area contributed by atoms with Crippen molar-refractivity contribution >= 4 is 28.6 Å². The predicted octanol–water partition coefficient (Wildman–Crippen LogP) is 1.51. The number of rotatable bonds is 2. The molecule has 5 nitrogen and oxygen atoms in total. The lowest BCUT2D eigenvalue weighted by atomic mass is 10.2. The summed E-state index contributed by atoms with van der Waals surface area (Å²) < 4.78 is 17.2. The van der Waals surface area contributed by atoms with Gasteiger partial charge in [-0.1, -0.05) is 0 Å². The van der Waals surface area contributed by atoms with Gasteiger partial charge in [0.25, 0.3) is 0 Å². The first kappa shape index (κ1) is 12.2. The third kappa shape index (κ3) is 2.33. The van der Waals surface area contributed by atoms with Gasteiger partial charge in [-0.2, -0.15) is 4.98 Å². The fourth-order valence-electron chi connectivity index (χ4n) is 2.04. The number of ether oxygens (including phenoxy) is 1. The maximum atomic E-state index is 11.9. The molecule has 3 heterocycles. The number of nitrogens with zero attached hydrogens (tertiary/aromatic N) is 2. The standard InChI is InChI=1S/C11H12ClN3O2S/c12-11-14-8-3-6-18(16)9(8)10(15-11)13-7-1-4-17-5-2-7/h1H,2-6H2,(H,13,14,15). The average molecular weight is 286 g/mol. The first-order chi connectivity index (χ1) is 8.74. The van der Waals surface area contributed by atoms with Crippen LogP contribution in [0.15, 0.2) is 16.7 Å². The lowest BCUT2D eigenvalue weighted by molar-refractivity contribution is 0.155. The van der Waals surface area contributed by atoms with E-state index in [0.29, 0.717) is 36.1 Å². The molecule has 0 bridgehead atoms. The molecule has 0 aromatic carbocycles. The van der Waals surface area contributed by atoms with Gasteiger partial charge in [0.1, 0.15) is 11.4 Å². The van der Waals surface area contributed by atoms with Crippen molar-refractivity contribution in [1.82, 2.24) is 9.97 Å². The zero-order valence-corrected chi connectivity index (χ0v) is 11.2. The molecule has 0 spiro atoms. The molecule has 1 aromatic rings. The Morgan fingerprint density at radius 2 is 2.28 bits per heavy atom. The van der Waals surface area contributed by atoms with E-state index in [1.165, 1.54) is 0 Å². The summed E-state index contributed by atoms with van der Waals surface area (Å²) in [6.45, 7) is 1.27. The van der Waals surface area contributed by atoms with Crippen LogP contribution in [0.25, 0.3) is 0 Å². The highest BCUT2D eigenvalue weighted by Crippen LogP contribution is 2.32. The Balaban J connectivity index is 1.94. The second-order valence-corrected chi connectivity index (χ2v) is 5.94. The van der Waals surface area contributed by atoms with Gasteiger partial charge in [0.05, 0.1) is 13.2 Å². The lowest BCUT2D eigenvalue weighted by Crippen LogP contribution is -2.14. The van der Waals surface area contributed by atoms with Crippen molar-refractivity contribution in [3.8, 4) is 0 Å². The van der Waals surface area contributed by atoms with E-state index in [-0.39, 0.29) is 5.28 Å². The fraction of sp³-hybridized carbons (Fsp3) is 0.455. The van der Waals surface area contributed by atoms with Crippen molar-refractivity contribution in [2.75, 3.05) is 24.3 Å². The zero-order valence-electron chi connectivity index (χ0n) is 9.61. The highest BCUT2D eigenvalue weighted by Gasteiger charge is 2.31. The topological polar surface area (TPSA) is 70.1 Å². The summed E-state index contributed by atoms with van der Waals surface area (Å²) in [4.78, 5) is 8.99. The summed E-state index contributed by atoms with van der Waals surface area (Å²) in [6.07, 6.45) is 3.45. The number of halogens is 1. The van der Waals surface area contributed by atoms with E-state index < -0.39 is 11.2 Å². The number of hydrogen-bond donors (Lipinski definition) is 1. The Morgan fingerprint density at radius 1 is 1.39 bits per heavy atom. The number of aromatic nitrogens is 2. The molecule has 1 unspecified atom stereocenters. The van der Waals surface area contributed by atoms with E-state index in [1.54, 1.807) is 0 Å². The fourth-order valence-corrected chi connectivity index (χ4v) is 3.54. The Morgan fingerprint density at radius 3 is 3.06 bits per heavy atom. The molecule has 7 heteroatoms. The van der Waals surface area contributed by atoms with Gasteiger partial charge in [-0.15, -0.1) is 0 Å². The van der Waals surface area contributed by atoms with Crippen molar-refractivity contribution in [3.63, 3.8) is 0 Å². The van der Waals surface area contributed by atoms with Crippen LogP contribution in [-0.2, 0) is 22.3 Å². The molecule has 96 valence electrons. The number of anilines is 1. The monoisotopic (exact) mass is 285 g/mol. The Labute approximate surface area is 113 Å². The highest BCUT2D eigenvalue weighted by molar-refractivity contribution is 7.91. The van der Waals surface area contributed by atoms with Crippen LogP contribution in [0.1, 0.15) is 12.1 Å². The summed E-state index contributed by atoms with van der Waals surface area (Å²) in [5.74, 6) is 1.18. The maximum absolute atomic E-state index is 11.9. The third-order valence-electron chi connectivity index (χ3n) is 2.90. The van der Waals surface area contributed by atoms with Gasteiger partial charge in [0, 0.05) is 18.5 Å². The molecule has 0 fully saturated rings. The molecule has 3 rings (SSSR count). The van der Waals surface area contributed by atoms with Gasteiger partial charge in [0.15, 0.2) is 5.82 Å². The van der Waals surface area contributed by atoms with Crippen molar-refractivity contribution in [2.45, 2.75) is 17.7 Å². The minimum absolute atomic E-state index is 0.197. The van der Waals surface area contributed by atoms with E-state index in [1.807, 2.05) is 6.08 Å². The number of fused-ring (bicyclic) bond motifs is 1. The summed E-state index contributed by atoms with van der Waals surface area (Å²) >= 11 is 4.86. The molecule has 2 aliphatic heterocycles. The van der Waals surface area contributed by atoms with Gasteiger partial charge in [0.2, 0.25) is 10.2 Å². The summed E-state index contributed by atoms with van der Waals surface area (Å²) in [5.41, 5.74) is 1.82. The first-order valence-electron chi connectivity index (χ1n) is 5.72. The molecule has 1 aromatic heterocycles. The van der Waals surface area contributed by atoms with Gasteiger partial charge in [-0.25, -0.2) is 4.98 Å². The van der Waals surface area contributed by atoms with Crippen LogP contribution in [0.5, 0.6) is 0 Å². The molecule has 0 saturated heterocycles. The molecule has 18 heavy (non-hydrogen) atoms. The second-order valence-electron chi connectivity index (χ2n) is 4.10. The molecule has 0 radical (unpaired) electrons. The minimum atomic E-state index is -1.03. The molecule has 0 amide bonds. The SMILES string of the molecule is [O-][S+]1CCc2nc(Cl)nc(NC3=CCOCC3)c21. The summed E-state index contributed by atoms with van der Waals surface area (Å²) in [7, 11) is 0. The number of hydrogen-bond acceptors (Lipinski definition) is 5. The number of nitrogens with one attached hydrogen (secondary N) is 1. The molecule has 2 aliphatic rings. The second kappa shape index (κ2) is 5.05. The van der Waals surface area contributed by atoms with Crippen LogP contribution in [0, 0.1) is 0 Å². The molecule has 1 N–H and O–H groups in total.